The molecule has 0 aromatic heterocycles. The van der Waals surface area contributed by atoms with Gasteiger partial charge in [-0.15, -0.1) is 0 Å². The Balaban J connectivity index is 1.57. The number of anilines is 3. The summed E-state index contributed by atoms with van der Waals surface area (Å²) in [5, 5.41) is 0. The summed E-state index contributed by atoms with van der Waals surface area (Å²) in [6.07, 6.45) is 0. The average molecular weight is 421 g/mol. The van der Waals surface area contributed by atoms with Crippen molar-refractivity contribution in [3.8, 4) is 0 Å². The van der Waals surface area contributed by atoms with Gasteiger partial charge in [-0.05, 0) is 67.9 Å². The minimum absolute atomic E-state index is 0.945. The van der Waals surface area contributed by atoms with Crippen molar-refractivity contribution in [3.05, 3.63) is 125 Å². The molecule has 4 aromatic rings. The summed E-state index contributed by atoms with van der Waals surface area (Å²) >= 11 is 0. The van der Waals surface area contributed by atoms with E-state index in [9.17, 15) is 0 Å². The van der Waals surface area contributed by atoms with E-state index in [1.165, 1.54) is 39.3 Å². The predicted octanol–water partition coefficient (Wildman–Crippen LogP) is 7.80. The maximum Gasteiger partial charge on any atom is 0.0461 e. The summed E-state index contributed by atoms with van der Waals surface area (Å²) in [6.45, 7) is 9.43. The minimum atomic E-state index is 0.945. The fourth-order valence-corrected chi connectivity index (χ4v) is 3.96. The summed E-state index contributed by atoms with van der Waals surface area (Å²) in [5.74, 6) is 0. The van der Waals surface area contributed by atoms with Crippen LogP contribution in [-0.4, -0.2) is 11.4 Å². The van der Waals surface area contributed by atoms with Gasteiger partial charge in [0.15, 0.2) is 0 Å². The van der Waals surface area contributed by atoms with Gasteiger partial charge in [0.25, 0.3) is 0 Å². The van der Waals surface area contributed by atoms with Crippen molar-refractivity contribution in [2.75, 3.05) is 11.4 Å². The molecule has 0 saturated carbocycles. The van der Waals surface area contributed by atoms with Crippen LogP contribution in [0.5, 0.6) is 0 Å². The van der Waals surface area contributed by atoms with Crippen LogP contribution >= 0.6 is 0 Å². The third-order valence-corrected chi connectivity index (χ3v) is 5.88. The third kappa shape index (κ3) is 5.46. The van der Waals surface area contributed by atoms with Gasteiger partial charge in [-0.2, -0.15) is 0 Å². The average Bonchev–Trinajstić information content (AvgIpc) is 2.83. The second kappa shape index (κ2) is 10.3. The van der Waals surface area contributed by atoms with Crippen LogP contribution in [0.3, 0.4) is 0 Å². The van der Waals surface area contributed by atoms with Crippen molar-refractivity contribution in [2.45, 2.75) is 33.9 Å². The molecule has 0 saturated heterocycles. The van der Waals surface area contributed by atoms with Gasteiger partial charge in [-0.25, -0.2) is 0 Å². The summed E-state index contributed by atoms with van der Waals surface area (Å²) in [4.78, 5) is 4.80. The Morgan fingerprint density at radius 3 is 1.34 bits per heavy atom. The molecular weight excluding hydrogens is 388 g/mol. The molecule has 32 heavy (non-hydrogen) atoms. The maximum absolute atomic E-state index is 2.47. The van der Waals surface area contributed by atoms with Crippen LogP contribution in [0.2, 0.25) is 0 Å². The van der Waals surface area contributed by atoms with Crippen LogP contribution in [-0.2, 0) is 13.1 Å². The molecule has 4 rings (SSSR count). The van der Waals surface area contributed by atoms with Crippen LogP contribution < -0.4 is 4.90 Å². The Hall–Kier alpha value is -3.36. The van der Waals surface area contributed by atoms with Crippen LogP contribution in [0.4, 0.5) is 17.1 Å². The van der Waals surface area contributed by atoms with Crippen molar-refractivity contribution in [1.29, 1.82) is 0 Å². The molecule has 162 valence electrons. The van der Waals surface area contributed by atoms with E-state index in [-0.39, 0.29) is 0 Å². The summed E-state index contributed by atoms with van der Waals surface area (Å²) in [5.41, 5.74) is 8.75. The topological polar surface area (TPSA) is 6.48 Å². The Kier molecular flexibility index (Phi) is 7.03. The van der Waals surface area contributed by atoms with E-state index in [0.717, 1.165) is 19.6 Å². The van der Waals surface area contributed by atoms with Crippen LogP contribution in [0, 0.1) is 13.8 Å². The highest BCUT2D eigenvalue weighted by molar-refractivity contribution is 5.76. The zero-order chi connectivity index (χ0) is 22.3. The Morgan fingerprint density at radius 1 is 0.500 bits per heavy atom. The van der Waals surface area contributed by atoms with Gasteiger partial charge in [-0.3, -0.25) is 4.90 Å². The zero-order valence-corrected chi connectivity index (χ0v) is 19.3. The van der Waals surface area contributed by atoms with Crippen molar-refractivity contribution in [3.63, 3.8) is 0 Å². The molecule has 2 nitrogen and oxygen atoms in total. The number of hydrogen-bond acceptors (Lipinski definition) is 2. The first kappa shape index (κ1) is 21.9. The van der Waals surface area contributed by atoms with E-state index in [1.807, 2.05) is 0 Å². The standard InChI is InChI=1S/C30H32N2/c1-4-31(22-26-8-6-5-7-9-26)23-27-14-20-30(21-15-27)32(28-16-10-24(2)11-17-28)29-18-12-25(3)13-19-29/h5-21H,4,22-23H2,1-3H3. The molecule has 0 N–H and O–H groups in total. The van der Waals surface area contributed by atoms with Gasteiger partial charge in [0.2, 0.25) is 0 Å². The normalized spacial score (nSPS) is 11.0. The van der Waals surface area contributed by atoms with E-state index in [2.05, 4.69) is 134 Å². The van der Waals surface area contributed by atoms with Crippen molar-refractivity contribution in [2.24, 2.45) is 0 Å². The fraction of sp³-hybridized carbons (Fsp3) is 0.200. The van der Waals surface area contributed by atoms with E-state index < -0.39 is 0 Å². The monoisotopic (exact) mass is 420 g/mol. The van der Waals surface area contributed by atoms with Crippen LogP contribution in [0.25, 0.3) is 0 Å². The summed E-state index contributed by atoms with van der Waals surface area (Å²) < 4.78 is 0. The fourth-order valence-electron chi connectivity index (χ4n) is 3.96. The molecule has 0 spiro atoms. The molecule has 0 aliphatic heterocycles. The molecule has 4 aromatic carbocycles. The molecule has 0 radical (unpaired) electrons. The molecule has 0 amide bonds. The van der Waals surface area contributed by atoms with Crippen molar-refractivity contribution in [1.82, 2.24) is 4.90 Å². The SMILES string of the molecule is CCN(Cc1ccccc1)Cc1ccc(N(c2ccc(C)cc2)c2ccc(C)cc2)cc1. The second-order valence-electron chi connectivity index (χ2n) is 8.46. The molecule has 0 atom stereocenters. The first-order chi connectivity index (χ1) is 15.6. The lowest BCUT2D eigenvalue weighted by molar-refractivity contribution is 0.271. The molecular formula is C30H32N2. The van der Waals surface area contributed by atoms with Crippen LogP contribution in [0.15, 0.2) is 103 Å². The second-order valence-corrected chi connectivity index (χ2v) is 8.46. The lowest BCUT2D eigenvalue weighted by Crippen LogP contribution is -2.22. The third-order valence-electron chi connectivity index (χ3n) is 5.88. The van der Waals surface area contributed by atoms with Gasteiger partial charge < -0.3 is 4.90 Å². The molecule has 0 unspecified atom stereocenters. The molecule has 0 aliphatic carbocycles. The zero-order valence-electron chi connectivity index (χ0n) is 19.3. The molecule has 0 aliphatic rings. The number of aryl methyl sites for hydroxylation is 2. The van der Waals surface area contributed by atoms with Gasteiger partial charge in [0, 0.05) is 30.2 Å². The van der Waals surface area contributed by atoms with Gasteiger partial charge in [0.05, 0.1) is 0 Å². The lowest BCUT2D eigenvalue weighted by atomic mass is 10.1. The lowest BCUT2D eigenvalue weighted by Gasteiger charge is -2.26. The minimum Gasteiger partial charge on any atom is -0.311 e. The van der Waals surface area contributed by atoms with Crippen molar-refractivity contribution >= 4 is 17.1 Å². The molecule has 2 heteroatoms. The van der Waals surface area contributed by atoms with E-state index in [1.54, 1.807) is 0 Å². The molecule has 0 heterocycles. The first-order valence-corrected chi connectivity index (χ1v) is 11.4. The van der Waals surface area contributed by atoms with Gasteiger partial charge in [-0.1, -0.05) is 84.8 Å². The molecule has 0 fully saturated rings. The Labute approximate surface area is 192 Å². The van der Waals surface area contributed by atoms with E-state index in [0.29, 0.717) is 0 Å². The predicted molar refractivity (Wildman–Crippen MR) is 137 cm³/mol. The maximum atomic E-state index is 2.47. The Bertz CT molecular complexity index is 1050. The van der Waals surface area contributed by atoms with E-state index in [4.69, 9.17) is 0 Å². The highest BCUT2D eigenvalue weighted by Crippen LogP contribution is 2.34. The molecule has 0 bridgehead atoms. The highest BCUT2D eigenvalue weighted by Gasteiger charge is 2.13. The van der Waals surface area contributed by atoms with Gasteiger partial charge in [0.1, 0.15) is 0 Å². The number of hydrogen-bond donors (Lipinski definition) is 0. The first-order valence-electron chi connectivity index (χ1n) is 11.4. The van der Waals surface area contributed by atoms with Gasteiger partial charge >= 0.3 is 0 Å². The van der Waals surface area contributed by atoms with E-state index >= 15 is 0 Å². The number of benzene rings is 4. The highest BCUT2D eigenvalue weighted by atomic mass is 15.1. The quantitative estimate of drug-likeness (QED) is 0.287. The number of nitrogens with zero attached hydrogens (tertiary/aromatic N) is 2. The Morgan fingerprint density at radius 2 is 0.906 bits per heavy atom. The smallest absolute Gasteiger partial charge is 0.0461 e. The largest absolute Gasteiger partial charge is 0.311 e. The van der Waals surface area contributed by atoms with Crippen molar-refractivity contribution < 1.29 is 0 Å². The summed E-state index contributed by atoms with van der Waals surface area (Å²) in [6, 6.07) is 37.2. The summed E-state index contributed by atoms with van der Waals surface area (Å²) in [7, 11) is 0. The van der Waals surface area contributed by atoms with Crippen LogP contribution in [0.1, 0.15) is 29.2 Å². The number of rotatable bonds is 8.